The lowest BCUT2D eigenvalue weighted by atomic mass is 10.2. The van der Waals surface area contributed by atoms with Crippen LogP contribution >= 0.6 is 0 Å². The molecule has 1 atom stereocenters. The van der Waals surface area contributed by atoms with Crippen molar-refractivity contribution in [1.82, 2.24) is 0 Å². The first-order valence-corrected chi connectivity index (χ1v) is 8.34. The Morgan fingerprint density at radius 3 is 1.86 bits per heavy atom. The molecular formula is C12H11F8O8S-. The van der Waals surface area contributed by atoms with Crippen molar-refractivity contribution in [2.24, 2.45) is 0 Å². The van der Waals surface area contributed by atoms with Gasteiger partial charge in [0.15, 0.2) is 10.1 Å². The zero-order valence-electron chi connectivity index (χ0n) is 14.0. The number of alkyl halides is 8. The van der Waals surface area contributed by atoms with Crippen LogP contribution in [0, 0.1) is 0 Å². The normalized spacial score (nSPS) is 15.4. The predicted molar refractivity (Wildman–Crippen MR) is 71.9 cm³/mol. The quantitative estimate of drug-likeness (QED) is 0.166. The van der Waals surface area contributed by atoms with Crippen LogP contribution in [0.2, 0.25) is 0 Å². The van der Waals surface area contributed by atoms with Gasteiger partial charge in [-0.15, -0.1) is 0 Å². The molecule has 0 aliphatic carbocycles. The van der Waals surface area contributed by atoms with E-state index in [0.717, 1.165) is 0 Å². The number of ether oxygens (including phenoxy) is 3. The Bertz CT molecular complexity index is 742. The summed E-state index contributed by atoms with van der Waals surface area (Å²) in [4.78, 5) is 23.1. The molecule has 0 spiro atoms. The molecule has 0 amide bonds. The fraction of sp³-hybridized carbons (Fsp3) is 0.667. The van der Waals surface area contributed by atoms with Gasteiger partial charge in [-0.3, -0.25) is 0 Å². The Morgan fingerprint density at radius 1 is 1.03 bits per heavy atom. The molecule has 0 aromatic carbocycles. The molecule has 0 fully saturated rings. The number of carbonyl (C=O) groups is 2. The molecule has 8 nitrogen and oxygen atoms in total. The molecule has 1 unspecified atom stereocenters. The van der Waals surface area contributed by atoms with E-state index in [1.165, 1.54) is 6.92 Å². The van der Waals surface area contributed by atoms with E-state index < -0.39 is 64.2 Å². The Kier molecular flexibility index (Phi) is 8.17. The monoisotopic (exact) mass is 467 g/mol. The zero-order valence-corrected chi connectivity index (χ0v) is 14.8. The molecule has 0 aliphatic heterocycles. The van der Waals surface area contributed by atoms with E-state index in [1.54, 1.807) is 0 Å². The Hall–Kier alpha value is -2.01. The summed E-state index contributed by atoms with van der Waals surface area (Å²) in [6.07, 6.45) is -12.2. The molecule has 0 rings (SSSR count). The van der Waals surface area contributed by atoms with E-state index in [9.17, 15) is 57.7 Å². The van der Waals surface area contributed by atoms with Crippen LogP contribution in [-0.4, -0.2) is 61.5 Å². The smallest absolute Gasteiger partial charge is 0.468 e. The summed E-state index contributed by atoms with van der Waals surface area (Å²) in [5.41, 5.74) is -2.60. The lowest BCUT2D eigenvalue weighted by molar-refractivity contribution is -0.360. The standard InChI is InChI=1S/C12H12F8O8S/c1-3-4-26-8(22)10(12(18,19)20,27-5-9(13,14)29(23,24)25)28-7(21)6(2)11(15,16)17/h2-5H2,1H3,(H,23,24,25)/p-1. The zero-order chi connectivity index (χ0) is 23.5. The van der Waals surface area contributed by atoms with Gasteiger partial charge < -0.3 is 18.8 Å². The average molecular weight is 467 g/mol. The van der Waals surface area contributed by atoms with Crippen molar-refractivity contribution >= 4 is 22.1 Å². The third kappa shape index (κ3) is 6.49. The van der Waals surface area contributed by atoms with Gasteiger partial charge in [-0.1, -0.05) is 13.5 Å². The number of rotatable bonds is 9. The molecule has 0 radical (unpaired) electrons. The lowest BCUT2D eigenvalue weighted by Gasteiger charge is -2.33. The largest absolute Gasteiger partial charge is 0.743 e. The highest BCUT2D eigenvalue weighted by molar-refractivity contribution is 7.86. The van der Waals surface area contributed by atoms with E-state index in [-0.39, 0.29) is 6.42 Å². The summed E-state index contributed by atoms with van der Waals surface area (Å²) in [6, 6.07) is 0. The van der Waals surface area contributed by atoms with Crippen molar-refractivity contribution in [2.45, 2.75) is 36.7 Å². The van der Waals surface area contributed by atoms with E-state index in [0.29, 0.717) is 0 Å². The maximum Gasteiger partial charge on any atom is 0.468 e. The molecule has 0 saturated carbocycles. The van der Waals surface area contributed by atoms with Crippen LogP contribution in [0.4, 0.5) is 35.1 Å². The van der Waals surface area contributed by atoms with Gasteiger partial charge in [0, 0.05) is 0 Å². The van der Waals surface area contributed by atoms with Crippen molar-refractivity contribution in [1.29, 1.82) is 0 Å². The number of halogens is 8. The molecule has 17 heteroatoms. The summed E-state index contributed by atoms with van der Waals surface area (Å²) >= 11 is 0. The third-order valence-corrected chi connectivity index (χ3v) is 3.56. The second-order valence-corrected chi connectivity index (χ2v) is 6.50. The van der Waals surface area contributed by atoms with Crippen molar-refractivity contribution in [3.63, 3.8) is 0 Å². The minimum Gasteiger partial charge on any atom is -0.743 e. The van der Waals surface area contributed by atoms with Crippen LogP contribution in [0.25, 0.3) is 0 Å². The molecule has 0 aromatic rings. The van der Waals surface area contributed by atoms with E-state index in [1.807, 2.05) is 0 Å². The Labute approximate surface area is 157 Å². The fourth-order valence-electron chi connectivity index (χ4n) is 1.24. The maximum atomic E-state index is 13.4. The summed E-state index contributed by atoms with van der Waals surface area (Å²) in [7, 11) is -6.65. The Morgan fingerprint density at radius 2 is 1.52 bits per heavy atom. The number of esters is 2. The highest BCUT2D eigenvalue weighted by Gasteiger charge is 2.69. The first-order chi connectivity index (χ1) is 12.7. The van der Waals surface area contributed by atoms with Crippen LogP contribution in [0.15, 0.2) is 12.2 Å². The number of hydrogen-bond acceptors (Lipinski definition) is 8. The van der Waals surface area contributed by atoms with Crippen LogP contribution in [0.1, 0.15) is 13.3 Å². The molecule has 29 heavy (non-hydrogen) atoms. The topological polar surface area (TPSA) is 119 Å². The highest BCUT2D eigenvalue weighted by Crippen LogP contribution is 2.39. The van der Waals surface area contributed by atoms with Gasteiger partial charge in [-0.2, -0.15) is 35.1 Å². The lowest BCUT2D eigenvalue weighted by Crippen LogP contribution is -2.60. The maximum absolute atomic E-state index is 13.4. The summed E-state index contributed by atoms with van der Waals surface area (Å²) in [5.74, 6) is -11.0. The minimum absolute atomic E-state index is 0.187. The summed E-state index contributed by atoms with van der Waals surface area (Å²) in [5, 5.41) is -5.60. The molecule has 0 saturated heterocycles. The molecule has 0 bridgehead atoms. The van der Waals surface area contributed by atoms with Crippen molar-refractivity contribution in [3.05, 3.63) is 12.2 Å². The number of carbonyl (C=O) groups excluding carboxylic acids is 2. The minimum atomic E-state index is -6.65. The van der Waals surface area contributed by atoms with Crippen LogP contribution < -0.4 is 0 Å². The predicted octanol–water partition coefficient (Wildman–Crippen LogP) is 2.01. The van der Waals surface area contributed by atoms with Crippen molar-refractivity contribution in [2.75, 3.05) is 13.2 Å². The van der Waals surface area contributed by atoms with Gasteiger partial charge in [-0.25, -0.2) is 18.0 Å². The van der Waals surface area contributed by atoms with Gasteiger partial charge in [-0.05, 0) is 6.42 Å². The van der Waals surface area contributed by atoms with E-state index in [2.05, 4.69) is 20.8 Å². The average Bonchev–Trinajstić information content (AvgIpc) is 2.52. The van der Waals surface area contributed by atoms with Crippen molar-refractivity contribution in [3.8, 4) is 0 Å². The van der Waals surface area contributed by atoms with Crippen LogP contribution in [0.3, 0.4) is 0 Å². The number of hydrogen-bond donors (Lipinski definition) is 0. The molecular weight excluding hydrogens is 456 g/mol. The van der Waals surface area contributed by atoms with Gasteiger partial charge >= 0.3 is 35.3 Å². The third-order valence-electron chi connectivity index (χ3n) is 2.71. The fourth-order valence-corrected chi connectivity index (χ4v) is 1.44. The van der Waals surface area contributed by atoms with Gasteiger partial charge in [0.25, 0.3) is 0 Å². The van der Waals surface area contributed by atoms with Crippen LogP contribution in [-0.2, 0) is 33.9 Å². The first kappa shape index (κ1) is 27.0. The Balaban J connectivity index is 6.27. The molecule has 0 aliphatic rings. The second-order valence-electron chi connectivity index (χ2n) is 5.00. The van der Waals surface area contributed by atoms with E-state index >= 15 is 0 Å². The molecule has 0 heterocycles. The summed E-state index contributed by atoms with van der Waals surface area (Å²) < 4.78 is 146. The summed E-state index contributed by atoms with van der Waals surface area (Å²) in [6.45, 7) is -0.561. The van der Waals surface area contributed by atoms with Gasteiger partial charge in [0.1, 0.15) is 12.2 Å². The SMILES string of the molecule is C=C(C(=O)OC(OCC(F)(F)S(=O)(=O)[O-])(C(=O)OCCC)C(F)(F)F)C(F)(F)F. The van der Waals surface area contributed by atoms with Crippen LogP contribution in [0.5, 0.6) is 0 Å². The highest BCUT2D eigenvalue weighted by atomic mass is 32.2. The molecule has 170 valence electrons. The first-order valence-electron chi connectivity index (χ1n) is 6.93. The van der Waals surface area contributed by atoms with Gasteiger partial charge in [0.2, 0.25) is 0 Å². The van der Waals surface area contributed by atoms with E-state index in [4.69, 9.17) is 0 Å². The molecule has 0 N–H and O–H groups in total. The van der Waals surface area contributed by atoms with Gasteiger partial charge in [0.05, 0.1) is 6.61 Å². The second kappa shape index (κ2) is 8.78. The van der Waals surface area contributed by atoms with Crippen molar-refractivity contribution < 1.29 is 71.9 Å². The molecule has 0 aromatic heterocycles.